The summed E-state index contributed by atoms with van der Waals surface area (Å²) >= 11 is 0. The van der Waals surface area contributed by atoms with Crippen molar-refractivity contribution < 1.29 is 33.2 Å². The van der Waals surface area contributed by atoms with E-state index in [0.717, 1.165) is 5.56 Å². The fraction of sp³-hybridized carbons (Fsp3) is 0.444. The average Bonchev–Trinajstić information content (AvgIpc) is 2.91. The van der Waals surface area contributed by atoms with Gasteiger partial charge in [0.15, 0.2) is 11.5 Å². The van der Waals surface area contributed by atoms with Crippen LogP contribution in [0.25, 0.3) is 6.08 Å². The van der Waals surface area contributed by atoms with Crippen molar-refractivity contribution in [2.75, 3.05) is 34.5 Å². The van der Waals surface area contributed by atoms with E-state index in [1.54, 1.807) is 13.0 Å². The zero-order chi connectivity index (χ0) is 25.3. The predicted octanol–water partition coefficient (Wildman–Crippen LogP) is 5.22. The Balaban J connectivity index is 2.28. The van der Waals surface area contributed by atoms with Crippen molar-refractivity contribution in [3.63, 3.8) is 0 Å². The van der Waals surface area contributed by atoms with E-state index >= 15 is 0 Å². The Morgan fingerprint density at radius 2 is 1.85 bits per heavy atom. The first-order chi connectivity index (χ1) is 16.1. The molecule has 186 valence electrons. The summed E-state index contributed by atoms with van der Waals surface area (Å²) in [6.07, 6.45) is 6.78. The van der Waals surface area contributed by atoms with Gasteiger partial charge in [-0.25, -0.2) is 4.79 Å². The molecule has 0 saturated heterocycles. The molecule has 0 bridgehead atoms. The zero-order valence-corrected chi connectivity index (χ0v) is 21.4. The lowest BCUT2D eigenvalue weighted by atomic mass is 10.0. The smallest absolute Gasteiger partial charge is 0.341 e. The van der Waals surface area contributed by atoms with Gasteiger partial charge in [0.2, 0.25) is 0 Å². The third-order valence-corrected chi connectivity index (χ3v) is 5.36. The van der Waals surface area contributed by atoms with Gasteiger partial charge >= 0.3 is 5.97 Å². The summed E-state index contributed by atoms with van der Waals surface area (Å²) in [6.45, 7) is 10.7. The topological polar surface area (TPSA) is 72.5 Å². The number of carbonyl (C=O) groups is 1. The van der Waals surface area contributed by atoms with Crippen LogP contribution >= 0.6 is 0 Å². The molecule has 0 radical (unpaired) electrons. The largest absolute Gasteiger partial charge is 0.503 e. The van der Waals surface area contributed by atoms with Crippen LogP contribution in [0.5, 0.6) is 11.5 Å². The maximum absolute atomic E-state index is 12.1. The molecule has 0 aromatic heterocycles. The Hall–Kier alpha value is -3.19. The van der Waals surface area contributed by atoms with E-state index in [2.05, 4.69) is 0 Å². The lowest BCUT2D eigenvalue weighted by Crippen LogP contribution is -2.45. The van der Waals surface area contributed by atoms with Gasteiger partial charge in [-0.1, -0.05) is 23.8 Å². The van der Waals surface area contributed by atoms with E-state index in [1.807, 2.05) is 58.0 Å². The summed E-state index contributed by atoms with van der Waals surface area (Å²) in [6, 6.07) is 5.70. The summed E-state index contributed by atoms with van der Waals surface area (Å²) in [5.41, 5.74) is 2.34. The minimum Gasteiger partial charge on any atom is -0.503 e. The molecule has 1 aromatic rings. The maximum Gasteiger partial charge on any atom is 0.341 e. The second-order valence-electron chi connectivity index (χ2n) is 8.61. The van der Waals surface area contributed by atoms with Crippen LogP contribution in [0.2, 0.25) is 0 Å². The van der Waals surface area contributed by atoms with Crippen LogP contribution in [0.1, 0.15) is 40.2 Å². The van der Waals surface area contributed by atoms with Crippen molar-refractivity contribution >= 4 is 12.0 Å². The monoisotopic (exact) mass is 472 g/mol. The molecule has 0 spiro atoms. The Bertz CT molecular complexity index is 979. The van der Waals surface area contributed by atoms with E-state index in [-0.39, 0.29) is 11.7 Å². The maximum atomic E-state index is 12.1. The molecule has 0 saturated carbocycles. The number of allylic oxidation sites excluding steroid dienone is 2. The molecule has 1 aliphatic heterocycles. The van der Waals surface area contributed by atoms with Crippen molar-refractivity contribution in [2.24, 2.45) is 0 Å². The normalized spacial score (nSPS) is 18.0. The summed E-state index contributed by atoms with van der Waals surface area (Å²) in [7, 11) is 4.32. The molecule has 1 unspecified atom stereocenters. The molecular weight excluding hydrogens is 436 g/mol. The summed E-state index contributed by atoms with van der Waals surface area (Å²) in [5.74, 6) is 1.28. The zero-order valence-electron chi connectivity index (χ0n) is 21.4. The Labute approximate surface area is 202 Å². The first kappa shape index (κ1) is 27.1. The predicted molar refractivity (Wildman–Crippen MR) is 132 cm³/mol. The van der Waals surface area contributed by atoms with Crippen molar-refractivity contribution in [1.82, 2.24) is 0 Å². The number of rotatable bonds is 9. The molecule has 0 aliphatic carbocycles. The number of esters is 1. The highest BCUT2D eigenvalue weighted by Crippen LogP contribution is 2.36. The Kier molecular flexibility index (Phi) is 9.81. The number of hydrogen-bond donors (Lipinski definition) is 0. The molecule has 0 N–H and O–H groups in total. The minimum absolute atomic E-state index is 0.232. The molecular formula is C27H36O7. The number of ether oxygens (including phenoxy) is 6. The van der Waals surface area contributed by atoms with Crippen LogP contribution < -0.4 is 9.47 Å². The van der Waals surface area contributed by atoms with E-state index in [4.69, 9.17) is 28.4 Å². The van der Waals surface area contributed by atoms with E-state index in [0.29, 0.717) is 36.0 Å². The summed E-state index contributed by atoms with van der Waals surface area (Å²) < 4.78 is 33.7. The molecule has 7 heteroatoms. The van der Waals surface area contributed by atoms with Gasteiger partial charge in [-0.2, -0.15) is 0 Å². The number of carbonyl (C=O) groups excluding carboxylic acids is 1. The number of benzene rings is 1. The number of methoxy groups -OCH3 is 3. The van der Waals surface area contributed by atoms with Gasteiger partial charge in [-0.05, 0) is 58.4 Å². The van der Waals surface area contributed by atoms with Crippen LogP contribution in [0.4, 0.5) is 0 Å². The Morgan fingerprint density at radius 3 is 2.47 bits per heavy atom. The molecule has 1 atom stereocenters. The lowest BCUT2D eigenvalue weighted by Gasteiger charge is -2.31. The average molecular weight is 473 g/mol. The number of fused-ring (bicyclic) bond motifs is 1. The third kappa shape index (κ3) is 7.15. The van der Waals surface area contributed by atoms with Gasteiger partial charge in [0.25, 0.3) is 0 Å². The fourth-order valence-electron chi connectivity index (χ4n) is 3.29. The third-order valence-electron chi connectivity index (χ3n) is 5.36. The lowest BCUT2D eigenvalue weighted by molar-refractivity contribution is -0.136. The first-order valence-corrected chi connectivity index (χ1v) is 11.1. The molecule has 0 fully saturated rings. The SMILES string of the molecule is COC=C(C(=O)OC)C(C)=C(C=Cc1ccc2c(c1)OC(C)(C)C(OCC=C(C)C)CO2)OC. The highest BCUT2D eigenvalue weighted by molar-refractivity contribution is 5.93. The highest BCUT2D eigenvalue weighted by Gasteiger charge is 2.36. The standard InChI is InChI=1S/C27H36O7/c1-18(2)13-14-32-25-17-33-23-12-10-20(15-24(23)34-27(25,4)5)9-11-22(30-7)19(3)21(16-29-6)26(28)31-8/h9-13,15-16,25H,14,17H2,1-8H3. The van der Waals surface area contributed by atoms with E-state index in [1.165, 1.54) is 33.2 Å². The molecule has 7 nitrogen and oxygen atoms in total. The van der Waals surface area contributed by atoms with Crippen LogP contribution in [0.15, 0.2) is 59.1 Å². The van der Waals surface area contributed by atoms with Crippen molar-refractivity contribution in [3.8, 4) is 11.5 Å². The van der Waals surface area contributed by atoms with Crippen LogP contribution in [-0.2, 0) is 23.7 Å². The second-order valence-corrected chi connectivity index (χ2v) is 8.61. The Morgan fingerprint density at radius 1 is 1.12 bits per heavy atom. The molecule has 1 aromatic carbocycles. The quantitative estimate of drug-likeness (QED) is 0.160. The highest BCUT2D eigenvalue weighted by atomic mass is 16.6. The van der Waals surface area contributed by atoms with Gasteiger partial charge in [0.05, 0.1) is 34.2 Å². The molecule has 1 aliphatic rings. The molecule has 2 rings (SSSR count). The van der Waals surface area contributed by atoms with Crippen LogP contribution in [0, 0.1) is 0 Å². The van der Waals surface area contributed by atoms with Crippen molar-refractivity contribution in [2.45, 2.75) is 46.3 Å². The minimum atomic E-state index is -0.586. The summed E-state index contributed by atoms with van der Waals surface area (Å²) in [4.78, 5) is 12.1. The number of hydrogen-bond acceptors (Lipinski definition) is 7. The fourth-order valence-corrected chi connectivity index (χ4v) is 3.29. The van der Waals surface area contributed by atoms with Gasteiger partial charge in [-0.15, -0.1) is 0 Å². The van der Waals surface area contributed by atoms with Crippen LogP contribution in [0.3, 0.4) is 0 Å². The molecule has 0 amide bonds. The first-order valence-electron chi connectivity index (χ1n) is 11.1. The molecule has 34 heavy (non-hydrogen) atoms. The van der Waals surface area contributed by atoms with Gasteiger partial charge in [-0.3, -0.25) is 0 Å². The van der Waals surface area contributed by atoms with Gasteiger partial charge in [0.1, 0.15) is 29.6 Å². The van der Waals surface area contributed by atoms with Gasteiger partial charge < -0.3 is 28.4 Å². The van der Waals surface area contributed by atoms with Gasteiger partial charge in [0, 0.05) is 5.57 Å². The molecule has 1 heterocycles. The second kappa shape index (κ2) is 12.3. The van der Waals surface area contributed by atoms with Crippen molar-refractivity contribution in [1.29, 1.82) is 0 Å². The van der Waals surface area contributed by atoms with Crippen LogP contribution in [-0.4, -0.2) is 52.2 Å². The van der Waals surface area contributed by atoms with E-state index in [9.17, 15) is 4.79 Å². The van der Waals surface area contributed by atoms with E-state index < -0.39 is 11.6 Å². The van der Waals surface area contributed by atoms with Crippen molar-refractivity contribution in [3.05, 3.63) is 64.7 Å². The summed E-state index contributed by atoms with van der Waals surface area (Å²) in [5, 5.41) is 0.